The minimum Gasteiger partial charge on any atom is -0.481 e. The number of ketones is 1. The molecule has 25 heteroatoms. The van der Waals surface area contributed by atoms with Crippen molar-refractivity contribution >= 4 is 75.1 Å². The molecule has 1 fully saturated rings. The summed E-state index contributed by atoms with van der Waals surface area (Å²) in [4.78, 5) is 142. The molecule has 67 heavy (non-hydrogen) atoms. The van der Waals surface area contributed by atoms with E-state index < -0.39 is 155 Å². The molecule has 2 rings (SSSR count). The minimum absolute atomic E-state index is 0.0489. The largest absolute Gasteiger partial charge is 0.481 e. The fourth-order valence-corrected chi connectivity index (χ4v) is 8.15. The Balaban J connectivity index is 2.46. The van der Waals surface area contributed by atoms with Crippen LogP contribution < -0.4 is 36.6 Å². The quantitative estimate of drug-likeness (QED) is 0.0416. The number of hydrogen-bond acceptors (Lipinski definition) is 13. The molecule has 1 aliphatic rings. The number of nitrogens with zero attached hydrogens (tertiary/aromatic N) is 1. The van der Waals surface area contributed by atoms with Crippen molar-refractivity contribution in [3.05, 3.63) is 30.3 Å². The van der Waals surface area contributed by atoms with Gasteiger partial charge in [-0.3, -0.25) is 52.7 Å². The summed E-state index contributed by atoms with van der Waals surface area (Å²) in [5.41, 5.74) is 0. The van der Waals surface area contributed by atoms with Gasteiger partial charge in [-0.1, -0.05) is 59.2 Å². The maximum absolute atomic E-state index is 14.6. The van der Waals surface area contributed by atoms with Gasteiger partial charge >= 0.3 is 17.9 Å². The van der Waals surface area contributed by atoms with Crippen LogP contribution in [-0.4, -0.2) is 150 Å². The predicted octanol–water partition coefficient (Wildman–Crippen LogP) is -1.76. The fourth-order valence-electron chi connectivity index (χ4n) is 7.02. The second-order valence-corrected chi connectivity index (χ2v) is 18.5. The highest BCUT2D eigenvalue weighted by Crippen LogP contribution is 2.26. The van der Waals surface area contributed by atoms with Gasteiger partial charge in [0.2, 0.25) is 51.2 Å². The van der Waals surface area contributed by atoms with Crippen molar-refractivity contribution in [3.63, 3.8) is 0 Å². The van der Waals surface area contributed by atoms with E-state index >= 15 is 0 Å². The average Bonchev–Trinajstić information content (AvgIpc) is 3.69. The van der Waals surface area contributed by atoms with Gasteiger partial charge in [-0.25, -0.2) is 13.1 Å². The SMILES string of the molecule is CCCC(NC(=O)C1CC(CNS(=O)(=O)c2ccccc2)CN1C(=O)C(NC(=O)C(NC(=O)C(CCC(=O)O)NC(=O)C(CCC(=O)O)NC(C)=O)C(C)C)C(C)C)C(=O)C(=O)NCC(=O)O. The van der Waals surface area contributed by atoms with Crippen LogP contribution in [0.5, 0.6) is 0 Å². The first-order valence-corrected chi connectivity index (χ1v) is 23.1. The average molecular weight is 967 g/mol. The Labute approximate surface area is 387 Å². The Morgan fingerprint density at radius 1 is 0.687 bits per heavy atom. The third-order valence-corrected chi connectivity index (χ3v) is 12.0. The first-order valence-electron chi connectivity index (χ1n) is 21.6. The normalized spacial score (nSPS) is 16.9. The molecule has 1 aliphatic heterocycles. The van der Waals surface area contributed by atoms with Crippen molar-refractivity contribution in [3.8, 4) is 0 Å². The van der Waals surface area contributed by atoms with Crippen LogP contribution >= 0.6 is 0 Å². The summed E-state index contributed by atoms with van der Waals surface area (Å²) in [6.07, 6.45) is -1.96. The molecule has 1 saturated heterocycles. The summed E-state index contributed by atoms with van der Waals surface area (Å²) in [7, 11) is -4.06. The van der Waals surface area contributed by atoms with E-state index in [0.29, 0.717) is 0 Å². The maximum Gasteiger partial charge on any atom is 0.322 e. The van der Waals surface area contributed by atoms with E-state index in [2.05, 4.69) is 31.3 Å². The second kappa shape index (κ2) is 26.6. The first kappa shape index (κ1) is 56.6. The van der Waals surface area contributed by atoms with Crippen LogP contribution in [0.15, 0.2) is 35.2 Å². The van der Waals surface area contributed by atoms with Gasteiger partial charge in [0, 0.05) is 32.9 Å². The molecule has 0 radical (unpaired) electrons. The Morgan fingerprint density at radius 3 is 1.73 bits per heavy atom. The monoisotopic (exact) mass is 966 g/mol. The lowest BCUT2D eigenvalue weighted by atomic mass is 9.98. The van der Waals surface area contributed by atoms with Crippen LogP contribution in [-0.2, 0) is 62.8 Å². The van der Waals surface area contributed by atoms with Gasteiger partial charge in [0.25, 0.3) is 5.91 Å². The summed E-state index contributed by atoms with van der Waals surface area (Å²) in [6, 6.07) is -1.31. The minimum atomic E-state index is -4.06. The number of carboxylic acids is 3. The van der Waals surface area contributed by atoms with Crippen molar-refractivity contribution in [1.82, 2.24) is 41.5 Å². The van der Waals surface area contributed by atoms with Crippen molar-refractivity contribution in [2.45, 2.75) is 128 Å². The number of carbonyl (C=O) groups is 11. The Morgan fingerprint density at radius 2 is 1.22 bits per heavy atom. The summed E-state index contributed by atoms with van der Waals surface area (Å²) in [5, 5.41) is 41.6. The number of aliphatic carboxylic acids is 3. The molecular formula is C42H62N8O16S. The highest BCUT2D eigenvalue weighted by Gasteiger charge is 2.45. The van der Waals surface area contributed by atoms with Crippen LogP contribution in [0, 0.1) is 17.8 Å². The number of likely N-dealkylation sites (tertiary alicyclic amines) is 1. The van der Waals surface area contributed by atoms with Crippen molar-refractivity contribution in [2.24, 2.45) is 17.8 Å². The molecule has 1 heterocycles. The van der Waals surface area contributed by atoms with E-state index in [9.17, 15) is 66.3 Å². The second-order valence-electron chi connectivity index (χ2n) is 16.7. The maximum atomic E-state index is 14.6. The Bertz CT molecular complexity index is 2100. The van der Waals surface area contributed by atoms with Crippen molar-refractivity contribution in [2.75, 3.05) is 19.6 Å². The number of carboxylic acid groups (broad SMARTS) is 3. The molecule has 24 nitrogen and oxygen atoms in total. The Hall–Kier alpha value is -6.50. The molecule has 0 spiro atoms. The van der Waals surface area contributed by atoms with Gasteiger partial charge in [0.15, 0.2) is 0 Å². The zero-order chi connectivity index (χ0) is 50.8. The summed E-state index contributed by atoms with van der Waals surface area (Å²) in [5.74, 6) is -13.9. The van der Waals surface area contributed by atoms with Gasteiger partial charge in [-0.2, -0.15) is 0 Å². The highest BCUT2D eigenvalue weighted by atomic mass is 32.2. The van der Waals surface area contributed by atoms with Crippen molar-refractivity contribution < 1.29 is 76.5 Å². The lowest BCUT2D eigenvalue weighted by molar-refractivity contribution is -0.145. The van der Waals surface area contributed by atoms with Gasteiger partial charge in [0.1, 0.15) is 36.8 Å². The number of benzene rings is 1. The van der Waals surface area contributed by atoms with E-state index in [0.717, 1.165) is 11.8 Å². The number of carbonyl (C=O) groups excluding carboxylic acids is 8. The van der Waals surface area contributed by atoms with Crippen LogP contribution in [0.3, 0.4) is 0 Å². The predicted molar refractivity (Wildman–Crippen MR) is 235 cm³/mol. The van der Waals surface area contributed by atoms with Gasteiger partial charge < -0.3 is 52.1 Å². The van der Waals surface area contributed by atoms with Gasteiger partial charge in [-0.05, 0) is 55.6 Å². The summed E-state index contributed by atoms with van der Waals surface area (Å²) >= 11 is 0. The first-order chi connectivity index (χ1) is 31.3. The molecule has 0 aromatic heterocycles. The fraction of sp³-hybridized carbons (Fsp3) is 0.595. The van der Waals surface area contributed by atoms with Gasteiger partial charge in [-0.15, -0.1) is 0 Å². The summed E-state index contributed by atoms with van der Waals surface area (Å²) < 4.78 is 28.7. The lowest BCUT2D eigenvalue weighted by Crippen LogP contribution is -2.61. The number of nitrogens with one attached hydrogen (secondary N) is 7. The highest BCUT2D eigenvalue weighted by molar-refractivity contribution is 7.89. The molecule has 10 N–H and O–H groups in total. The zero-order valence-electron chi connectivity index (χ0n) is 38.2. The van der Waals surface area contributed by atoms with E-state index in [4.69, 9.17) is 10.2 Å². The molecule has 0 saturated carbocycles. The van der Waals surface area contributed by atoms with Crippen LogP contribution in [0.1, 0.15) is 86.5 Å². The van der Waals surface area contributed by atoms with Crippen LogP contribution in [0.4, 0.5) is 0 Å². The zero-order valence-corrected chi connectivity index (χ0v) is 39.0. The molecule has 0 bridgehead atoms. The number of rotatable bonds is 28. The smallest absolute Gasteiger partial charge is 0.322 e. The van der Waals surface area contributed by atoms with E-state index in [1.54, 1.807) is 26.8 Å². The van der Waals surface area contributed by atoms with E-state index in [-0.39, 0.29) is 43.7 Å². The molecule has 372 valence electrons. The van der Waals surface area contributed by atoms with Crippen molar-refractivity contribution in [1.29, 1.82) is 0 Å². The number of hydrogen-bond donors (Lipinski definition) is 10. The topological polar surface area (TPSA) is 370 Å². The standard InChI is InChI=1S/C42H62N8O16S/c1-7-11-27(36(58)41(63)43-20-33(56)57)46-39(61)30-18-25(19-44-67(65,66)26-12-9-8-10-13-26)21-50(30)42(64)35(23(4)5)49-40(62)34(22(2)3)48-38(60)29(15-17-32(54)55)47-37(59)28(45-24(6)51)14-16-31(52)53/h8-10,12-13,22-23,25,27-30,34-35,44H,7,11,14-21H2,1-6H3,(H,43,63)(H,45,51)(H,46,61)(H,47,59)(H,48,60)(H,49,62)(H,52,53)(H,54,55)(H,56,57). The third kappa shape index (κ3) is 18.4. The van der Waals surface area contributed by atoms with E-state index in [1.165, 1.54) is 38.1 Å². The molecule has 7 amide bonds. The molecule has 0 aliphatic carbocycles. The van der Waals surface area contributed by atoms with Crippen LogP contribution in [0.25, 0.3) is 0 Å². The number of amides is 7. The van der Waals surface area contributed by atoms with Crippen LogP contribution in [0.2, 0.25) is 0 Å². The number of sulfonamides is 1. The molecule has 7 unspecified atom stereocenters. The molecular weight excluding hydrogens is 905 g/mol. The lowest BCUT2D eigenvalue weighted by Gasteiger charge is -2.33. The number of Topliss-reactive ketones (excluding diaryl/α,β-unsaturated/α-hetero) is 1. The van der Waals surface area contributed by atoms with Gasteiger partial charge in [0.05, 0.1) is 10.9 Å². The molecule has 1 aromatic carbocycles. The summed E-state index contributed by atoms with van der Waals surface area (Å²) in [6.45, 7) is 7.59. The van der Waals surface area contributed by atoms with E-state index in [1.807, 2.05) is 5.32 Å². The Kier molecular flexibility index (Phi) is 22.5. The third-order valence-electron chi connectivity index (χ3n) is 10.5. The molecule has 1 aromatic rings. The molecule has 7 atom stereocenters.